The van der Waals surface area contributed by atoms with Crippen molar-refractivity contribution < 1.29 is 34.6 Å². The Labute approximate surface area is 92.8 Å². The molecule has 0 aromatic heterocycles. The Bertz CT molecular complexity index is 252. The first-order valence-electron chi connectivity index (χ1n) is 4.84. The van der Waals surface area contributed by atoms with Crippen LogP contribution in [0.2, 0.25) is 0 Å². The van der Waals surface area contributed by atoms with Crippen molar-refractivity contribution in [2.75, 3.05) is 0 Å². The van der Waals surface area contributed by atoms with E-state index in [1.54, 1.807) is 13.8 Å². The van der Waals surface area contributed by atoms with E-state index >= 15 is 0 Å². The van der Waals surface area contributed by atoms with Crippen LogP contribution >= 0.6 is 0 Å². The highest BCUT2D eigenvalue weighted by molar-refractivity contribution is 5.80. The zero-order valence-corrected chi connectivity index (χ0v) is 9.43. The van der Waals surface area contributed by atoms with Gasteiger partial charge in [-0.3, -0.25) is 9.78 Å². The van der Waals surface area contributed by atoms with E-state index in [-0.39, 0.29) is 12.8 Å². The largest absolute Gasteiger partial charge is 0.373 e. The summed E-state index contributed by atoms with van der Waals surface area (Å²) in [6, 6.07) is 0. The van der Waals surface area contributed by atoms with E-state index in [0.29, 0.717) is 0 Å². The molecule has 0 aromatic carbocycles. The average molecular weight is 236 g/mol. The van der Waals surface area contributed by atoms with Gasteiger partial charge in [0.05, 0.1) is 0 Å². The van der Waals surface area contributed by atoms with Crippen LogP contribution in [0.4, 0.5) is 0 Å². The molecule has 0 spiro atoms. The lowest BCUT2D eigenvalue weighted by Gasteiger charge is -2.27. The third-order valence-corrected chi connectivity index (χ3v) is 2.32. The van der Waals surface area contributed by atoms with E-state index in [1.165, 1.54) is 6.92 Å². The van der Waals surface area contributed by atoms with Crippen LogP contribution in [0.15, 0.2) is 0 Å². The molecule has 0 aromatic rings. The summed E-state index contributed by atoms with van der Waals surface area (Å²) < 4.78 is 5.17. The molecule has 0 amide bonds. The van der Waals surface area contributed by atoms with E-state index in [9.17, 15) is 9.59 Å². The van der Waals surface area contributed by atoms with Crippen molar-refractivity contribution in [2.24, 2.45) is 0 Å². The van der Waals surface area contributed by atoms with Crippen molar-refractivity contribution in [3.63, 3.8) is 0 Å². The summed E-state index contributed by atoms with van der Waals surface area (Å²) in [5, 5.41) is 16.5. The highest BCUT2D eigenvalue weighted by atomic mass is 17.1. The number of carbonyl (C=O) groups is 2. The maximum Gasteiger partial charge on any atom is 0.373 e. The summed E-state index contributed by atoms with van der Waals surface area (Å²) >= 11 is 0. The lowest BCUT2D eigenvalue weighted by molar-refractivity contribution is -0.267. The van der Waals surface area contributed by atoms with Crippen LogP contribution in [0.5, 0.6) is 0 Å². The summed E-state index contributed by atoms with van der Waals surface area (Å²) in [4.78, 5) is 29.4. The molecule has 0 heterocycles. The van der Waals surface area contributed by atoms with Crippen molar-refractivity contribution in [1.29, 1.82) is 0 Å². The Hall–Kier alpha value is -1.18. The van der Waals surface area contributed by atoms with Crippen LogP contribution in [-0.4, -0.2) is 34.2 Å². The average Bonchev–Trinajstić information content (AvgIpc) is 2.33. The predicted molar refractivity (Wildman–Crippen MR) is 51.3 cm³/mol. The number of ether oxygens (including phenoxy) is 1. The Morgan fingerprint density at radius 2 is 1.81 bits per heavy atom. The molecule has 0 saturated heterocycles. The summed E-state index contributed by atoms with van der Waals surface area (Å²) in [5.41, 5.74) is -1.47. The molecule has 0 aliphatic rings. The molecule has 0 bridgehead atoms. The van der Waals surface area contributed by atoms with Gasteiger partial charge in [0.25, 0.3) is 0 Å². The minimum atomic E-state index is -1.47. The monoisotopic (exact) mass is 236 g/mol. The van der Waals surface area contributed by atoms with Crippen molar-refractivity contribution in [3.8, 4) is 0 Å². The third kappa shape index (κ3) is 3.44. The first kappa shape index (κ1) is 14.8. The smallest absolute Gasteiger partial charge is 0.348 e. The van der Waals surface area contributed by atoms with Gasteiger partial charge in [0, 0.05) is 0 Å². The molecule has 0 saturated carbocycles. The van der Waals surface area contributed by atoms with Crippen LogP contribution in [0.25, 0.3) is 0 Å². The van der Waals surface area contributed by atoms with E-state index in [0.717, 1.165) is 0 Å². The Morgan fingerprint density at radius 1 is 1.25 bits per heavy atom. The maximum atomic E-state index is 11.2. The van der Waals surface area contributed by atoms with Gasteiger partial charge in [0.2, 0.25) is 0 Å². The second kappa shape index (κ2) is 6.41. The lowest BCUT2D eigenvalue weighted by atomic mass is 10.0. The standard InChI is InChI=1S/C9H16O7/c1-4-6(7(10)15-12)14-9(3,5-2)8(11)16-13/h6,12-13H,4-5H2,1-3H3. The van der Waals surface area contributed by atoms with Gasteiger partial charge in [-0.1, -0.05) is 13.8 Å². The molecule has 2 unspecified atom stereocenters. The summed E-state index contributed by atoms with van der Waals surface area (Å²) in [7, 11) is 0. The molecule has 0 aliphatic heterocycles. The molecule has 7 nitrogen and oxygen atoms in total. The highest BCUT2D eigenvalue weighted by Crippen LogP contribution is 2.21. The lowest BCUT2D eigenvalue weighted by Crippen LogP contribution is -2.44. The molecule has 0 aliphatic carbocycles. The number of hydrogen-bond acceptors (Lipinski definition) is 7. The molecule has 16 heavy (non-hydrogen) atoms. The minimum absolute atomic E-state index is 0.182. The van der Waals surface area contributed by atoms with Crippen molar-refractivity contribution in [1.82, 2.24) is 0 Å². The predicted octanol–water partition coefficient (Wildman–Crippen LogP) is 0.983. The third-order valence-electron chi connectivity index (χ3n) is 2.32. The summed E-state index contributed by atoms with van der Waals surface area (Å²) in [5.74, 6) is -2.02. The zero-order valence-electron chi connectivity index (χ0n) is 9.43. The normalized spacial score (nSPS) is 16.1. The van der Waals surface area contributed by atoms with Crippen molar-refractivity contribution >= 4 is 11.9 Å². The number of rotatable bonds is 6. The topological polar surface area (TPSA) is 102 Å². The van der Waals surface area contributed by atoms with Crippen LogP contribution in [0, 0.1) is 0 Å². The number of hydrogen-bond donors (Lipinski definition) is 2. The fourth-order valence-electron chi connectivity index (χ4n) is 1.04. The molecule has 2 atom stereocenters. The van der Waals surface area contributed by atoms with Crippen molar-refractivity contribution in [2.45, 2.75) is 45.3 Å². The quantitative estimate of drug-likeness (QED) is 0.523. The molecule has 0 rings (SSSR count). The summed E-state index contributed by atoms with van der Waals surface area (Å²) in [6.45, 7) is 4.59. The molecule has 2 N–H and O–H groups in total. The fraction of sp³-hybridized carbons (Fsp3) is 0.778. The van der Waals surface area contributed by atoms with Gasteiger partial charge >= 0.3 is 11.9 Å². The summed E-state index contributed by atoms with van der Waals surface area (Å²) in [6.07, 6.45) is -0.719. The minimum Gasteiger partial charge on any atom is -0.348 e. The molecule has 7 heteroatoms. The van der Waals surface area contributed by atoms with Gasteiger partial charge in [-0.2, -0.15) is 10.5 Å². The van der Waals surface area contributed by atoms with Gasteiger partial charge in [0.15, 0.2) is 11.7 Å². The molecule has 0 fully saturated rings. The Balaban J connectivity index is 4.74. The molecule has 0 radical (unpaired) electrons. The van der Waals surface area contributed by atoms with E-state index < -0.39 is 23.6 Å². The maximum absolute atomic E-state index is 11.2. The van der Waals surface area contributed by atoms with E-state index in [4.69, 9.17) is 15.3 Å². The van der Waals surface area contributed by atoms with Crippen LogP contribution in [-0.2, 0) is 24.1 Å². The van der Waals surface area contributed by atoms with Gasteiger partial charge in [0.1, 0.15) is 0 Å². The molecule has 94 valence electrons. The van der Waals surface area contributed by atoms with Crippen LogP contribution in [0.3, 0.4) is 0 Å². The zero-order chi connectivity index (χ0) is 12.8. The van der Waals surface area contributed by atoms with Gasteiger partial charge in [-0.15, -0.1) is 0 Å². The van der Waals surface area contributed by atoms with Gasteiger partial charge in [-0.25, -0.2) is 9.59 Å². The second-order valence-electron chi connectivity index (χ2n) is 3.39. The van der Waals surface area contributed by atoms with Gasteiger partial charge < -0.3 is 4.74 Å². The van der Waals surface area contributed by atoms with Crippen LogP contribution in [0.1, 0.15) is 33.6 Å². The van der Waals surface area contributed by atoms with Crippen molar-refractivity contribution in [3.05, 3.63) is 0 Å². The van der Waals surface area contributed by atoms with E-state index in [1.807, 2.05) is 0 Å². The van der Waals surface area contributed by atoms with Crippen LogP contribution < -0.4 is 0 Å². The Morgan fingerprint density at radius 3 is 2.12 bits per heavy atom. The fourth-order valence-corrected chi connectivity index (χ4v) is 1.04. The van der Waals surface area contributed by atoms with E-state index in [2.05, 4.69) is 9.78 Å². The van der Waals surface area contributed by atoms with Gasteiger partial charge in [-0.05, 0) is 19.8 Å². The SMILES string of the molecule is CCC(OC(C)(CC)C(=O)OO)C(=O)OO. The molecular weight excluding hydrogens is 220 g/mol. The second-order valence-corrected chi connectivity index (χ2v) is 3.39. The Kier molecular flexibility index (Phi) is 5.94. The first-order chi connectivity index (χ1) is 7.45. The molecular formula is C9H16O7. The highest BCUT2D eigenvalue weighted by Gasteiger charge is 2.39. The first-order valence-corrected chi connectivity index (χ1v) is 4.84. The number of carbonyl (C=O) groups excluding carboxylic acids is 2.